The van der Waals surface area contributed by atoms with Crippen LogP contribution in [-0.4, -0.2) is 12.3 Å². The van der Waals surface area contributed by atoms with E-state index >= 15 is 0 Å². The molecule has 0 aromatic heterocycles. The van der Waals surface area contributed by atoms with Crippen molar-refractivity contribution in [2.45, 2.75) is 32.9 Å². The first kappa shape index (κ1) is 21.0. The van der Waals surface area contributed by atoms with Crippen molar-refractivity contribution in [2.75, 3.05) is 16.3 Å². The summed E-state index contributed by atoms with van der Waals surface area (Å²) in [5, 5.41) is 9.32. The van der Waals surface area contributed by atoms with Crippen LogP contribution in [0.1, 0.15) is 44.0 Å². The van der Waals surface area contributed by atoms with Crippen LogP contribution >= 0.6 is 0 Å². The molecular weight excluding hydrogens is 406 g/mol. The van der Waals surface area contributed by atoms with Crippen LogP contribution in [0.4, 0.5) is 11.4 Å². The number of carbonyl (C=O) groups excluding carboxylic acids is 1. The minimum Gasteiger partial charge on any atom is -0.342 e. The topological polar surface area (TPSA) is 47.3 Å². The molecule has 5 rings (SSSR count). The smallest absolute Gasteiger partial charge is 0.162 e. The lowest BCUT2D eigenvalue weighted by molar-refractivity contribution is -0.118. The number of nitriles is 1. The van der Waals surface area contributed by atoms with Gasteiger partial charge in [0.1, 0.15) is 6.17 Å². The van der Waals surface area contributed by atoms with Gasteiger partial charge in [0.15, 0.2) is 5.78 Å². The highest BCUT2D eigenvalue weighted by molar-refractivity contribution is 6.00. The van der Waals surface area contributed by atoms with E-state index in [2.05, 4.69) is 54.0 Å². The molecule has 0 saturated heterocycles. The van der Waals surface area contributed by atoms with E-state index in [0.29, 0.717) is 18.5 Å². The predicted molar refractivity (Wildman–Crippen MR) is 132 cm³/mol. The van der Waals surface area contributed by atoms with Gasteiger partial charge < -0.3 is 9.80 Å². The molecular formula is C29H27N3O. The number of benzene rings is 3. The third-order valence-electron chi connectivity index (χ3n) is 6.59. The van der Waals surface area contributed by atoms with Crippen LogP contribution in [0.15, 0.2) is 96.2 Å². The first-order valence-corrected chi connectivity index (χ1v) is 11.4. The van der Waals surface area contributed by atoms with Crippen LogP contribution in [0.2, 0.25) is 0 Å². The zero-order chi connectivity index (χ0) is 23.0. The Morgan fingerprint density at radius 1 is 0.848 bits per heavy atom. The Morgan fingerprint density at radius 2 is 1.45 bits per heavy atom. The minimum atomic E-state index is -0.136. The number of Topliss-reactive ketones (excluding diaryl/α,β-unsaturated/α-hetero) is 1. The number of hydrogen-bond donors (Lipinski definition) is 0. The Hall–Kier alpha value is -3.84. The van der Waals surface area contributed by atoms with E-state index in [4.69, 9.17) is 0 Å². The van der Waals surface area contributed by atoms with Gasteiger partial charge in [-0.1, -0.05) is 62.4 Å². The standard InChI is InChI=1S/C29H27N3O/c1-29(2)17-26-25(27(33)18-29)20-31(23-9-5-3-6-10-23)28(22-15-13-21(19-30)14-16-22)32(26)24-11-7-4-8-12-24/h3-16,28H,17-18,20H2,1-2H3. The third-order valence-corrected chi connectivity index (χ3v) is 6.59. The van der Waals surface area contributed by atoms with Crippen LogP contribution in [0.5, 0.6) is 0 Å². The molecule has 1 aliphatic carbocycles. The Bertz CT molecular complexity index is 1240. The molecule has 0 fully saturated rings. The number of anilines is 2. The lowest BCUT2D eigenvalue weighted by Crippen LogP contribution is -2.51. The molecule has 2 aliphatic rings. The van der Waals surface area contributed by atoms with E-state index < -0.39 is 0 Å². The van der Waals surface area contributed by atoms with Gasteiger partial charge >= 0.3 is 0 Å². The highest BCUT2D eigenvalue weighted by atomic mass is 16.1. The quantitative estimate of drug-likeness (QED) is 0.491. The summed E-state index contributed by atoms with van der Waals surface area (Å²) in [6.45, 7) is 4.93. The Balaban J connectivity index is 1.75. The fourth-order valence-electron chi connectivity index (χ4n) is 5.07. The van der Waals surface area contributed by atoms with Crippen LogP contribution in [-0.2, 0) is 4.79 Å². The summed E-state index contributed by atoms with van der Waals surface area (Å²) in [6, 6.07) is 30.7. The van der Waals surface area contributed by atoms with Gasteiger partial charge in [-0.25, -0.2) is 0 Å². The van der Waals surface area contributed by atoms with Crippen LogP contribution in [0, 0.1) is 16.7 Å². The van der Waals surface area contributed by atoms with Gasteiger partial charge in [0, 0.05) is 29.1 Å². The number of ketones is 1. The van der Waals surface area contributed by atoms with E-state index in [1.165, 1.54) is 0 Å². The zero-order valence-corrected chi connectivity index (χ0v) is 19.0. The highest BCUT2D eigenvalue weighted by Crippen LogP contribution is 2.48. The molecule has 1 atom stereocenters. The normalized spacial score (nSPS) is 19.8. The van der Waals surface area contributed by atoms with Crippen molar-refractivity contribution < 1.29 is 4.79 Å². The van der Waals surface area contributed by atoms with Crippen molar-refractivity contribution in [1.29, 1.82) is 5.26 Å². The third kappa shape index (κ3) is 3.91. The number of allylic oxidation sites excluding steroid dienone is 1. The van der Waals surface area contributed by atoms with Crippen molar-refractivity contribution in [3.05, 3.63) is 107 Å². The Labute approximate surface area is 195 Å². The van der Waals surface area contributed by atoms with Gasteiger partial charge in [-0.2, -0.15) is 5.26 Å². The summed E-state index contributed by atoms with van der Waals surface area (Å²) in [7, 11) is 0. The second-order valence-electron chi connectivity index (χ2n) is 9.64. The van der Waals surface area contributed by atoms with E-state index in [0.717, 1.165) is 34.6 Å². The molecule has 1 heterocycles. The van der Waals surface area contributed by atoms with Crippen molar-refractivity contribution in [1.82, 2.24) is 0 Å². The van der Waals surface area contributed by atoms with E-state index in [-0.39, 0.29) is 17.4 Å². The number of carbonyl (C=O) groups is 1. The van der Waals surface area contributed by atoms with Crippen molar-refractivity contribution in [2.24, 2.45) is 5.41 Å². The summed E-state index contributed by atoms with van der Waals surface area (Å²) in [4.78, 5) is 18.0. The molecule has 0 spiro atoms. The first-order chi connectivity index (χ1) is 16.0. The molecule has 0 N–H and O–H groups in total. The number of hydrogen-bond acceptors (Lipinski definition) is 4. The van der Waals surface area contributed by atoms with Gasteiger partial charge in [-0.3, -0.25) is 4.79 Å². The lowest BCUT2D eigenvalue weighted by Gasteiger charge is -2.51. The average Bonchev–Trinajstić information content (AvgIpc) is 2.83. The van der Waals surface area contributed by atoms with Gasteiger partial charge in [0.25, 0.3) is 0 Å². The van der Waals surface area contributed by atoms with Gasteiger partial charge in [-0.15, -0.1) is 0 Å². The van der Waals surface area contributed by atoms with E-state index in [1.54, 1.807) is 0 Å². The monoisotopic (exact) mass is 433 g/mol. The van der Waals surface area contributed by atoms with Gasteiger partial charge in [-0.05, 0) is 53.8 Å². The summed E-state index contributed by atoms with van der Waals surface area (Å²) < 4.78 is 0. The second kappa shape index (κ2) is 8.26. The molecule has 3 aromatic rings. The Morgan fingerprint density at radius 3 is 2.06 bits per heavy atom. The molecule has 0 saturated carbocycles. The Kier molecular flexibility index (Phi) is 5.26. The van der Waals surface area contributed by atoms with Crippen LogP contribution in [0.25, 0.3) is 0 Å². The summed E-state index contributed by atoms with van der Waals surface area (Å²) in [5.41, 5.74) is 5.79. The van der Waals surface area contributed by atoms with Crippen LogP contribution in [0.3, 0.4) is 0 Å². The molecule has 164 valence electrons. The molecule has 1 aliphatic heterocycles. The fourth-order valence-corrected chi connectivity index (χ4v) is 5.07. The summed E-state index contributed by atoms with van der Waals surface area (Å²) >= 11 is 0. The molecule has 3 aromatic carbocycles. The highest BCUT2D eigenvalue weighted by Gasteiger charge is 2.43. The first-order valence-electron chi connectivity index (χ1n) is 11.4. The summed E-state index contributed by atoms with van der Waals surface area (Å²) in [6.07, 6.45) is 1.28. The molecule has 0 bridgehead atoms. The van der Waals surface area contributed by atoms with Crippen molar-refractivity contribution >= 4 is 17.2 Å². The molecule has 0 amide bonds. The molecule has 33 heavy (non-hydrogen) atoms. The van der Waals surface area contributed by atoms with Crippen molar-refractivity contribution in [3.8, 4) is 6.07 Å². The maximum Gasteiger partial charge on any atom is 0.162 e. The van der Waals surface area contributed by atoms with Crippen LogP contribution < -0.4 is 9.80 Å². The maximum absolute atomic E-state index is 13.4. The number of para-hydroxylation sites is 2. The SMILES string of the molecule is CC1(C)CC(=O)C2=C(C1)N(c1ccccc1)C(c1ccc(C#N)cc1)N(c1ccccc1)C2. The maximum atomic E-state index is 13.4. The average molecular weight is 434 g/mol. The predicted octanol–water partition coefficient (Wildman–Crippen LogP) is 6.23. The fraction of sp³-hybridized carbons (Fsp3) is 0.241. The van der Waals surface area contributed by atoms with E-state index in [1.807, 2.05) is 60.7 Å². The minimum absolute atomic E-state index is 0.0902. The number of rotatable bonds is 3. The van der Waals surface area contributed by atoms with E-state index in [9.17, 15) is 10.1 Å². The van der Waals surface area contributed by atoms with Gasteiger partial charge in [0.05, 0.1) is 18.2 Å². The van der Waals surface area contributed by atoms with Crippen molar-refractivity contribution in [3.63, 3.8) is 0 Å². The number of nitrogens with zero attached hydrogens (tertiary/aromatic N) is 3. The molecule has 1 unspecified atom stereocenters. The zero-order valence-electron chi connectivity index (χ0n) is 19.0. The molecule has 4 nitrogen and oxygen atoms in total. The summed E-state index contributed by atoms with van der Waals surface area (Å²) in [5.74, 6) is 0.237. The van der Waals surface area contributed by atoms with Gasteiger partial charge in [0.2, 0.25) is 0 Å². The second-order valence-corrected chi connectivity index (χ2v) is 9.64. The largest absolute Gasteiger partial charge is 0.342 e. The molecule has 0 radical (unpaired) electrons. The lowest BCUT2D eigenvalue weighted by atomic mass is 9.74. The molecule has 4 heteroatoms.